The highest BCUT2D eigenvalue weighted by atomic mass is 35.5. The third kappa shape index (κ3) is 4.16. The molecule has 3 rings (SSSR count). The van der Waals surface area contributed by atoms with Crippen LogP contribution in [-0.4, -0.2) is 30.7 Å². The number of methoxy groups -OCH3 is 1. The molecule has 0 N–H and O–H groups in total. The van der Waals surface area contributed by atoms with Gasteiger partial charge in [0, 0.05) is 50.3 Å². The number of aromatic nitrogens is 1. The Balaban J connectivity index is 2.45. The SMILES string of the molecule is [2H]C([2H])([2H])C([C@@H]1Cc2cc(OCCCOC)c(Cl)cc2-c2c(F)c(=O)c(C(C)=O)cn21)(C([2H])([2H])[2H])C([2H])([2H])[2H]. The molecule has 2 heterocycles. The number of ether oxygens (including phenoxy) is 2. The van der Waals surface area contributed by atoms with Crippen molar-refractivity contribution >= 4 is 17.4 Å². The lowest BCUT2D eigenvalue weighted by Gasteiger charge is -2.39. The normalized spacial score (nSPS) is 21.2. The number of carbonyl (C=O) groups is 1. The second-order valence-corrected chi connectivity index (χ2v) is 7.57. The summed E-state index contributed by atoms with van der Waals surface area (Å²) in [5, 5.41) is 0.00684. The molecule has 0 unspecified atom stereocenters. The van der Waals surface area contributed by atoms with E-state index >= 15 is 4.39 Å². The highest BCUT2D eigenvalue weighted by Gasteiger charge is 2.36. The van der Waals surface area contributed by atoms with Crippen LogP contribution in [0.15, 0.2) is 23.1 Å². The first-order valence-electron chi connectivity index (χ1n) is 13.7. The van der Waals surface area contributed by atoms with Crippen LogP contribution in [0.2, 0.25) is 5.02 Å². The predicted octanol–water partition coefficient (Wildman–Crippen LogP) is 5.07. The molecule has 0 aliphatic carbocycles. The predicted molar refractivity (Wildman–Crippen MR) is 115 cm³/mol. The van der Waals surface area contributed by atoms with E-state index in [1.54, 1.807) is 0 Å². The molecule has 0 bridgehead atoms. The van der Waals surface area contributed by atoms with E-state index < -0.39 is 66.7 Å². The average molecular weight is 445 g/mol. The Hall–Kier alpha value is -2.18. The van der Waals surface area contributed by atoms with Gasteiger partial charge in [-0.25, -0.2) is 4.39 Å². The van der Waals surface area contributed by atoms with Gasteiger partial charge in [0.2, 0.25) is 5.43 Å². The summed E-state index contributed by atoms with van der Waals surface area (Å²) in [5.74, 6) is -2.25. The molecule has 0 radical (unpaired) electrons. The molecule has 1 aliphatic heterocycles. The maximum absolute atomic E-state index is 15.8. The summed E-state index contributed by atoms with van der Waals surface area (Å²) in [6.45, 7) is -9.39. The van der Waals surface area contributed by atoms with Gasteiger partial charge in [0.1, 0.15) is 5.75 Å². The number of fused-ring (bicyclic) bond motifs is 3. The molecule has 5 nitrogen and oxygen atoms in total. The zero-order chi connectivity index (χ0) is 29.7. The molecule has 0 spiro atoms. The van der Waals surface area contributed by atoms with Gasteiger partial charge >= 0.3 is 0 Å². The second kappa shape index (κ2) is 8.52. The molecule has 0 fully saturated rings. The van der Waals surface area contributed by atoms with Crippen LogP contribution in [0, 0.1) is 11.2 Å². The first kappa shape index (κ1) is 13.3. The van der Waals surface area contributed by atoms with E-state index in [9.17, 15) is 9.59 Å². The summed E-state index contributed by atoms with van der Waals surface area (Å²) in [6, 6.07) is 0.637. The summed E-state index contributed by atoms with van der Waals surface area (Å²) in [7, 11) is 1.50. The summed E-state index contributed by atoms with van der Waals surface area (Å²) in [4.78, 5) is 25.0. The largest absolute Gasteiger partial charge is 0.492 e. The van der Waals surface area contributed by atoms with Crippen LogP contribution in [-0.2, 0) is 11.2 Å². The Morgan fingerprint density at radius 2 is 2.10 bits per heavy atom. The van der Waals surface area contributed by atoms with E-state index in [0.29, 0.717) is 13.0 Å². The molecule has 7 heteroatoms. The van der Waals surface area contributed by atoms with Crippen molar-refractivity contribution in [2.45, 2.75) is 46.4 Å². The minimum absolute atomic E-state index is 0.000666. The first-order chi connectivity index (χ1) is 17.8. The molecule has 0 saturated carbocycles. The number of halogens is 2. The number of Topliss-reactive ketones (excluding diaryl/α,β-unsaturated/α-hetero) is 1. The van der Waals surface area contributed by atoms with Gasteiger partial charge in [-0.1, -0.05) is 32.2 Å². The number of hydrogen-bond donors (Lipinski definition) is 0. The number of pyridine rings is 1. The summed E-state index contributed by atoms with van der Waals surface area (Å²) < 4.78 is 101. The molecule has 162 valence electrons. The van der Waals surface area contributed by atoms with Crippen LogP contribution >= 0.6 is 11.6 Å². The quantitative estimate of drug-likeness (QED) is 0.461. The van der Waals surface area contributed by atoms with Crippen molar-refractivity contribution in [3.05, 3.63) is 50.5 Å². The van der Waals surface area contributed by atoms with Crippen LogP contribution in [0.4, 0.5) is 4.39 Å². The molecule has 1 aromatic carbocycles. The standard InChI is InChI=1S/C23H27ClFNO4/c1-13(27)16-12-26-19(23(2,3)4)10-14-9-18(30-8-6-7-29-5)17(24)11-15(14)21(26)20(25)22(16)28/h9,11-12,19H,6-8,10H2,1-5H3/t19-/m0/s1/i2D3,3D3,4D3. The highest BCUT2D eigenvalue weighted by Crippen LogP contribution is 2.45. The Morgan fingerprint density at radius 3 is 2.73 bits per heavy atom. The fourth-order valence-electron chi connectivity index (χ4n) is 3.50. The Morgan fingerprint density at radius 1 is 1.37 bits per heavy atom. The van der Waals surface area contributed by atoms with Crippen LogP contribution in [0.25, 0.3) is 11.3 Å². The monoisotopic (exact) mass is 444 g/mol. The van der Waals surface area contributed by atoms with Crippen molar-refractivity contribution in [3.8, 4) is 17.0 Å². The number of hydrogen-bond acceptors (Lipinski definition) is 4. The molecule has 2 aromatic rings. The van der Waals surface area contributed by atoms with E-state index in [0.717, 1.165) is 17.7 Å². The van der Waals surface area contributed by atoms with Crippen molar-refractivity contribution in [3.63, 3.8) is 0 Å². The van der Waals surface area contributed by atoms with Crippen molar-refractivity contribution in [2.24, 2.45) is 5.41 Å². The number of benzene rings is 1. The van der Waals surface area contributed by atoms with Gasteiger partial charge in [-0.15, -0.1) is 0 Å². The van der Waals surface area contributed by atoms with Gasteiger partial charge in [0.05, 0.1) is 22.9 Å². The van der Waals surface area contributed by atoms with Gasteiger partial charge in [0.25, 0.3) is 0 Å². The van der Waals surface area contributed by atoms with Gasteiger partial charge in [-0.2, -0.15) is 0 Å². The van der Waals surface area contributed by atoms with Crippen LogP contribution in [0.1, 0.15) is 68.2 Å². The molecule has 1 atom stereocenters. The summed E-state index contributed by atoms with van der Waals surface area (Å²) >= 11 is 6.37. The van der Waals surface area contributed by atoms with E-state index in [2.05, 4.69) is 0 Å². The third-order valence-electron chi connectivity index (χ3n) is 4.97. The molecule has 1 aliphatic rings. The number of carbonyl (C=O) groups excluding carboxylic acids is 1. The van der Waals surface area contributed by atoms with E-state index in [1.165, 1.54) is 19.2 Å². The second-order valence-electron chi connectivity index (χ2n) is 7.16. The van der Waals surface area contributed by atoms with E-state index in [-0.39, 0.29) is 28.5 Å². The Kier molecular flexibility index (Phi) is 3.77. The molecule has 30 heavy (non-hydrogen) atoms. The molecule has 0 saturated heterocycles. The lowest BCUT2D eigenvalue weighted by atomic mass is 9.78. The lowest BCUT2D eigenvalue weighted by Crippen LogP contribution is -2.34. The maximum Gasteiger partial charge on any atom is 0.228 e. The lowest BCUT2D eigenvalue weighted by molar-refractivity contribution is 0.101. The number of ketones is 1. The van der Waals surface area contributed by atoms with Crippen LogP contribution < -0.4 is 10.2 Å². The van der Waals surface area contributed by atoms with Crippen LogP contribution in [0.3, 0.4) is 0 Å². The van der Waals surface area contributed by atoms with Gasteiger partial charge < -0.3 is 14.0 Å². The fourth-order valence-corrected chi connectivity index (χ4v) is 3.72. The summed E-state index contributed by atoms with van der Waals surface area (Å²) in [5.41, 5.74) is -5.90. The molecule has 1 aromatic heterocycles. The number of nitrogens with zero attached hydrogens (tertiary/aromatic N) is 1. The minimum atomic E-state index is -3.63. The molecule has 0 amide bonds. The van der Waals surface area contributed by atoms with Crippen molar-refractivity contribution in [1.82, 2.24) is 4.57 Å². The maximum atomic E-state index is 15.8. The zero-order valence-electron chi connectivity index (χ0n) is 25.5. The minimum Gasteiger partial charge on any atom is -0.492 e. The summed E-state index contributed by atoms with van der Waals surface area (Å²) in [6.07, 6.45) is 0.786. The van der Waals surface area contributed by atoms with E-state index in [4.69, 9.17) is 33.4 Å². The Bertz CT molecular complexity index is 1300. The van der Waals surface area contributed by atoms with Gasteiger partial charge in [-0.3, -0.25) is 9.59 Å². The van der Waals surface area contributed by atoms with Gasteiger partial charge in [0.15, 0.2) is 11.6 Å². The highest BCUT2D eigenvalue weighted by molar-refractivity contribution is 6.32. The first-order valence-corrected chi connectivity index (χ1v) is 9.59. The topological polar surface area (TPSA) is 57.5 Å². The number of rotatable bonds is 6. The van der Waals surface area contributed by atoms with Crippen molar-refractivity contribution in [2.75, 3.05) is 20.3 Å². The van der Waals surface area contributed by atoms with Crippen LogP contribution in [0.5, 0.6) is 5.75 Å². The molecular weight excluding hydrogens is 409 g/mol. The fraction of sp³-hybridized carbons (Fsp3) is 0.478. The molecular formula is C23H27ClFNO4. The van der Waals surface area contributed by atoms with Crippen molar-refractivity contribution < 1.29 is 31.0 Å². The smallest absolute Gasteiger partial charge is 0.228 e. The average Bonchev–Trinajstić information content (AvgIpc) is 2.76. The Labute approximate surface area is 193 Å². The third-order valence-corrected chi connectivity index (χ3v) is 5.27. The van der Waals surface area contributed by atoms with Gasteiger partial charge in [-0.05, 0) is 36.5 Å². The van der Waals surface area contributed by atoms with Crippen molar-refractivity contribution in [1.29, 1.82) is 0 Å². The zero-order valence-corrected chi connectivity index (χ0v) is 17.2. The van der Waals surface area contributed by atoms with E-state index in [1.807, 2.05) is 0 Å².